The lowest BCUT2D eigenvalue weighted by atomic mass is 10.3. The normalized spacial score (nSPS) is 14.0. The number of pyridine rings is 1. The monoisotopic (exact) mass is 370 g/mol. The number of carbonyl (C=O) groups is 1. The highest BCUT2D eigenvalue weighted by molar-refractivity contribution is 7.20. The van der Waals surface area contributed by atoms with Crippen molar-refractivity contribution in [3.8, 4) is 9.88 Å². The summed E-state index contributed by atoms with van der Waals surface area (Å²) in [5, 5.41) is 7.96. The van der Waals surface area contributed by atoms with Crippen molar-refractivity contribution in [1.29, 1.82) is 0 Å². The molecule has 3 aromatic heterocycles. The van der Waals surface area contributed by atoms with Crippen molar-refractivity contribution in [3.05, 3.63) is 46.9 Å². The van der Waals surface area contributed by atoms with E-state index in [9.17, 15) is 4.79 Å². The second-order valence-corrected chi connectivity index (χ2v) is 7.72. The average Bonchev–Trinajstić information content (AvgIpc) is 3.37. The molecule has 0 saturated carbocycles. The van der Waals surface area contributed by atoms with Gasteiger partial charge in [0.05, 0.1) is 22.7 Å². The number of hydrogen-bond donors (Lipinski definition) is 1. The highest BCUT2D eigenvalue weighted by Gasteiger charge is 2.18. The molecule has 0 spiro atoms. The fraction of sp³-hybridized carbons (Fsp3) is 0.278. The number of rotatable bonds is 5. The SMILES string of the molecule is O=C(Cc1csc(-c2cccs2)n1)Nc1cccnc1N1CCCC1. The standard InChI is InChI=1S/C18H18N4OS2/c23-16(11-13-12-25-18(20-13)15-6-4-10-24-15)21-14-5-3-7-19-17(14)22-8-1-2-9-22/h3-7,10,12H,1-2,8-9,11H2,(H,21,23). The zero-order valence-electron chi connectivity index (χ0n) is 13.6. The molecular formula is C18H18N4OS2. The zero-order chi connectivity index (χ0) is 17.1. The van der Waals surface area contributed by atoms with Gasteiger partial charge in [0.25, 0.3) is 0 Å². The van der Waals surface area contributed by atoms with E-state index in [2.05, 4.69) is 20.2 Å². The van der Waals surface area contributed by atoms with Crippen molar-refractivity contribution in [2.45, 2.75) is 19.3 Å². The quantitative estimate of drug-likeness (QED) is 0.736. The number of nitrogens with zero attached hydrogens (tertiary/aromatic N) is 3. The van der Waals surface area contributed by atoms with Crippen molar-refractivity contribution in [1.82, 2.24) is 9.97 Å². The van der Waals surface area contributed by atoms with Gasteiger partial charge in [0.2, 0.25) is 5.91 Å². The van der Waals surface area contributed by atoms with Gasteiger partial charge in [-0.1, -0.05) is 6.07 Å². The minimum absolute atomic E-state index is 0.0588. The van der Waals surface area contributed by atoms with E-state index >= 15 is 0 Å². The topological polar surface area (TPSA) is 58.1 Å². The van der Waals surface area contributed by atoms with Crippen LogP contribution in [0.25, 0.3) is 9.88 Å². The smallest absolute Gasteiger partial charge is 0.230 e. The Morgan fingerprint density at radius 2 is 2.08 bits per heavy atom. The van der Waals surface area contributed by atoms with Gasteiger partial charge in [-0.05, 0) is 36.4 Å². The summed E-state index contributed by atoms with van der Waals surface area (Å²) < 4.78 is 0. The van der Waals surface area contributed by atoms with E-state index in [1.807, 2.05) is 35.0 Å². The van der Waals surface area contributed by atoms with E-state index in [-0.39, 0.29) is 12.3 Å². The van der Waals surface area contributed by atoms with E-state index in [1.54, 1.807) is 28.9 Å². The number of hydrogen-bond acceptors (Lipinski definition) is 6. The summed E-state index contributed by atoms with van der Waals surface area (Å²) in [6.07, 6.45) is 4.40. The highest BCUT2D eigenvalue weighted by Crippen LogP contribution is 2.29. The van der Waals surface area contributed by atoms with Gasteiger partial charge in [-0.25, -0.2) is 9.97 Å². The number of carbonyl (C=O) groups excluding carboxylic acids is 1. The van der Waals surface area contributed by atoms with Gasteiger partial charge in [0.15, 0.2) is 5.82 Å². The Bertz CT molecular complexity index is 854. The van der Waals surface area contributed by atoms with Crippen molar-refractivity contribution in [2.24, 2.45) is 0 Å². The first-order valence-corrected chi connectivity index (χ1v) is 10.0. The Labute approximate surface area is 154 Å². The largest absolute Gasteiger partial charge is 0.355 e. The molecule has 1 fully saturated rings. The lowest BCUT2D eigenvalue weighted by Gasteiger charge is -2.19. The molecule has 0 aliphatic carbocycles. The fourth-order valence-electron chi connectivity index (χ4n) is 2.94. The first-order valence-electron chi connectivity index (χ1n) is 8.28. The molecule has 0 unspecified atom stereocenters. The molecule has 0 bridgehead atoms. The third-order valence-electron chi connectivity index (χ3n) is 4.09. The summed E-state index contributed by atoms with van der Waals surface area (Å²) in [4.78, 5) is 24.9. The van der Waals surface area contributed by atoms with Gasteiger partial charge < -0.3 is 10.2 Å². The van der Waals surface area contributed by atoms with Gasteiger partial charge in [-0.2, -0.15) is 0 Å². The minimum Gasteiger partial charge on any atom is -0.355 e. The number of amides is 1. The molecule has 128 valence electrons. The van der Waals surface area contributed by atoms with E-state index < -0.39 is 0 Å². The number of thiophene rings is 1. The number of anilines is 2. The zero-order valence-corrected chi connectivity index (χ0v) is 15.3. The minimum atomic E-state index is -0.0588. The van der Waals surface area contributed by atoms with E-state index in [0.717, 1.165) is 40.2 Å². The van der Waals surface area contributed by atoms with Crippen LogP contribution < -0.4 is 10.2 Å². The third-order valence-corrected chi connectivity index (χ3v) is 6.02. The van der Waals surface area contributed by atoms with Crippen LogP contribution in [0.2, 0.25) is 0 Å². The maximum atomic E-state index is 12.5. The van der Waals surface area contributed by atoms with Crippen LogP contribution in [0.4, 0.5) is 11.5 Å². The van der Waals surface area contributed by atoms with E-state index in [4.69, 9.17) is 0 Å². The van der Waals surface area contributed by atoms with E-state index in [1.165, 1.54) is 12.8 Å². The van der Waals surface area contributed by atoms with Crippen LogP contribution in [-0.2, 0) is 11.2 Å². The van der Waals surface area contributed by atoms with Crippen LogP contribution in [0.1, 0.15) is 18.5 Å². The van der Waals surface area contributed by atoms with E-state index in [0.29, 0.717) is 0 Å². The molecular weight excluding hydrogens is 352 g/mol. The molecule has 0 atom stereocenters. The summed E-state index contributed by atoms with van der Waals surface area (Å²) in [5.41, 5.74) is 1.58. The molecule has 1 saturated heterocycles. The number of aromatic nitrogens is 2. The number of nitrogens with one attached hydrogen (secondary N) is 1. The summed E-state index contributed by atoms with van der Waals surface area (Å²) in [7, 11) is 0. The Kier molecular flexibility index (Phi) is 4.76. The second-order valence-electron chi connectivity index (χ2n) is 5.91. The lowest BCUT2D eigenvalue weighted by molar-refractivity contribution is -0.115. The van der Waals surface area contributed by atoms with Crippen molar-refractivity contribution in [3.63, 3.8) is 0 Å². The molecule has 4 heterocycles. The molecule has 3 aromatic rings. The third kappa shape index (κ3) is 3.72. The Morgan fingerprint density at radius 3 is 2.88 bits per heavy atom. The molecule has 7 heteroatoms. The first kappa shape index (κ1) is 16.2. The Morgan fingerprint density at radius 1 is 1.20 bits per heavy atom. The Hall–Kier alpha value is -2.25. The van der Waals surface area contributed by atoms with Crippen LogP contribution >= 0.6 is 22.7 Å². The predicted octanol–water partition coefficient (Wildman–Crippen LogP) is 4.05. The summed E-state index contributed by atoms with van der Waals surface area (Å²) >= 11 is 3.24. The van der Waals surface area contributed by atoms with Crippen LogP contribution in [-0.4, -0.2) is 29.0 Å². The summed E-state index contributed by atoms with van der Waals surface area (Å²) in [6, 6.07) is 7.82. The maximum absolute atomic E-state index is 12.5. The Balaban J connectivity index is 1.44. The van der Waals surface area contributed by atoms with Crippen molar-refractivity contribution in [2.75, 3.05) is 23.3 Å². The second kappa shape index (κ2) is 7.33. The van der Waals surface area contributed by atoms with Gasteiger partial charge in [-0.15, -0.1) is 22.7 Å². The molecule has 0 aromatic carbocycles. The lowest BCUT2D eigenvalue weighted by Crippen LogP contribution is -2.22. The molecule has 1 N–H and O–H groups in total. The molecule has 1 aliphatic heterocycles. The van der Waals surface area contributed by atoms with Crippen molar-refractivity contribution >= 4 is 40.1 Å². The number of thiazole rings is 1. The molecule has 4 rings (SSSR count). The van der Waals surface area contributed by atoms with Gasteiger partial charge in [0.1, 0.15) is 5.01 Å². The first-order chi connectivity index (χ1) is 12.3. The van der Waals surface area contributed by atoms with Crippen LogP contribution in [0, 0.1) is 0 Å². The average molecular weight is 371 g/mol. The maximum Gasteiger partial charge on any atom is 0.230 e. The molecule has 1 aliphatic rings. The molecule has 5 nitrogen and oxygen atoms in total. The van der Waals surface area contributed by atoms with Gasteiger partial charge in [0, 0.05) is 24.7 Å². The van der Waals surface area contributed by atoms with Gasteiger partial charge >= 0.3 is 0 Å². The summed E-state index contributed by atoms with van der Waals surface area (Å²) in [5.74, 6) is 0.808. The van der Waals surface area contributed by atoms with Crippen LogP contribution in [0.15, 0.2) is 41.2 Å². The molecule has 25 heavy (non-hydrogen) atoms. The van der Waals surface area contributed by atoms with Crippen LogP contribution in [0.3, 0.4) is 0 Å². The fourth-order valence-corrected chi connectivity index (χ4v) is 4.57. The van der Waals surface area contributed by atoms with Crippen LogP contribution in [0.5, 0.6) is 0 Å². The predicted molar refractivity (Wildman–Crippen MR) is 103 cm³/mol. The summed E-state index contributed by atoms with van der Waals surface area (Å²) in [6.45, 7) is 1.99. The highest BCUT2D eigenvalue weighted by atomic mass is 32.1. The van der Waals surface area contributed by atoms with Crippen molar-refractivity contribution < 1.29 is 4.79 Å². The molecule has 0 radical (unpaired) electrons. The molecule has 1 amide bonds. The van der Waals surface area contributed by atoms with Gasteiger partial charge in [-0.3, -0.25) is 4.79 Å².